The summed E-state index contributed by atoms with van der Waals surface area (Å²) in [4.78, 5) is 13.4. The number of ether oxygens (including phenoxy) is 1. The predicted octanol–water partition coefficient (Wildman–Crippen LogP) is 4.21. The summed E-state index contributed by atoms with van der Waals surface area (Å²) in [7, 11) is 0. The zero-order valence-corrected chi connectivity index (χ0v) is 16.0. The van der Waals surface area contributed by atoms with Gasteiger partial charge >= 0.3 is 5.97 Å². The molecule has 2 atom stereocenters. The Hall–Kier alpha value is -1.36. The second kappa shape index (κ2) is 6.07. The van der Waals surface area contributed by atoms with Gasteiger partial charge in [0.25, 0.3) is 0 Å². The van der Waals surface area contributed by atoms with Crippen molar-refractivity contribution in [2.45, 2.75) is 107 Å². The van der Waals surface area contributed by atoms with Gasteiger partial charge in [0.05, 0.1) is 0 Å². The van der Waals surface area contributed by atoms with E-state index in [4.69, 9.17) is 9.26 Å². The van der Waals surface area contributed by atoms with Crippen LogP contribution in [0.4, 0.5) is 0 Å². The molecule has 27 heavy (non-hydrogen) atoms. The SMILES string of the molecule is O=C(OC1CC2CCC(C1)N2)c1c(C23CCC(CC2)CC3)noc1C1CC1. The average molecular weight is 370 g/mol. The molecule has 7 rings (SSSR count). The third-order valence-electron chi connectivity index (χ3n) is 8.17. The van der Waals surface area contributed by atoms with Crippen LogP contribution >= 0.6 is 0 Å². The Morgan fingerprint density at radius 1 is 1.00 bits per heavy atom. The molecular weight excluding hydrogens is 340 g/mol. The number of aromatic nitrogens is 1. The first kappa shape index (κ1) is 16.6. The molecule has 2 unspecified atom stereocenters. The molecule has 0 aromatic carbocycles. The summed E-state index contributed by atoms with van der Waals surface area (Å²) >= 11 is 0. The van der Waals surface area contributed by atoms with Gasteiger partial charge in [-0.2, -0.15) is 0 Å². The van der Waals surface area contributed by atoms with Gasteiger partial charge in [0.1, 0.15) is 17.4 Å². The molecule has 3 heterocycles. The van der Waals surface area contributed by atoms with Crippen molar-refractivity contribution in [2.75, 3.05) is 0 Å². The molecule has 6 fully saturated rings. The van der Waals surface area contributed by atoms with Gasteiger partial charge in [-0.25, -0.2) is 4.79 Å². The van der Waals surface area contributed by atoms with E-state index in [9.17, 15) is 4.79 Å². The molecule has 4 bridgehead atoms. The summed E-state index contributed by atoms with van der Waals surface area (Å²) in [5.74, 6) is 1.95. The number of fused-ring (bicyclic) bond motifs is 5. The van der Waals surface area contributed by atoms with Crippen LogP contribution in [0.5, 0.6) is 0 Å². The molecule has 5 heteroatoms. The number of hydrogen-bond acceptors (Lipinski definition) is 5. The van der Waals surface area contributed by atoms with Crippen molar-refractivity contribution in [3.05, 3.63) is 17.0 Å². The third kappa shape index (κ3) is 2.76. The minimum Gasteiger partial charge on any atom is -0.459 e. The van der Waals surface area contributed by atoms with Crippen molar-refractivity contribution in [2.24, 2.45) is 5.92 Å². The highest BCUT2D eigenvalue weighted by Gasteiger charge is 2.48. The van der Waals surface area contributed by atoms with Crippen LogP contribution in [0.25, 0.3) is 0 Å². The summed E-state index contributed by atoms with van der Waals surface area (Å²) in [6.45, 7) is 0. The lowest BCUT2D eigenvalue weighted by molar-refractivity contribution is 0.0169. The van der Waals surface area contributed by atoms with Gasteiger partial charge in [0, 0.05) is 23.4 Å². The third-order valence-corrected chi connectivity index (χ3v) is 8.17. The van der Waals surface area contributed by atoms with Crippen molar-refractivity contribution in [1.82, 2.24) is 10.5 Å². The molecule has 2 saturated heterocycles. The molecular formula is C22H30N2O3. The fourth-order valence-corrected chi connectivity index (χ4v) is 6.40. The molecule has 0 amide bonds. The highest BCUT2D eigenvalue weighted by molar-refractivity contribution is 5.92. The van der Waals surface area contributed by atoms with Crippen molar-refractivity contribution in [1.29, 1.82) is 0 Å². The first-order valence-corrected chi connectivity index (χ1v) is 11.2. The summed E-state index contributed by atoms with van der Waals surface area (Å²) in [6.07, 6.45) is 13.9. The maximum atomic E-state index is 13.4. The molecule has 4 saturated carbocycles. The average Bonchev–Trinajstić information content (AvgIpc) is 3.35. The first-order valence-electron chi connectivity index (χ1n) is 11.2. The van der Waals surface area contributed by atoms with Crippen LogP contribution in [-0.4, -0.2) is 29.3 Å². The highest BCUT2D eigenvalue weighted by Crippen LogP contribution is 2.54. The van der Waals surface area contributed by atoms with Gasteiger partial charge in [-0.3, -0.25) is 0 Å². The van der Waals surface area contributed by atoms with Gasteiger partial charge in [-0.1, -0.05) is 5.16 Å². The van der Waals surface area contributed by atoms with Crippen molar-refractivity contribution < 1.29 is 14.1 Å². The second-order valence-corrected chi connectivity index (χ2v) is 9.94. The van der Waals surface area contributed by atoms with Gasteiger partial charge in [0.15, 0.2) is 5.76 Å². The number of esters is 1. The number of hydrogen-bond donors (Lipinski definition) is 1. The Labute approximate surface area is 160 Å². The Morgan fingerprint density at radius 3 is 2.30 bits per heavy atom. The van der Waals surface area contributed by atoms with E-state index < -0.39 is 0 Å². The smallest absolute Gasteiger partial charge is 0.344 e. The van der Waals surface area contributed by atoms with Crippen LogP contribution in [0, 0.1) is 5.92 Å². The minimum atomic E-state index is -0.151. The lowest BCUT2D eigenvalue weighted by atomic mass is 9.59. The molecule has 1 N–H and O–H groups in total. The van der Waals surface area contributed by atoms with E-state index >= 15 is 0 Å². The minimum absolute atomic E-state index is 0.0469. The van der Waals surface area contributed by atoms with Gasteiger partial charge in [-0.05, 0) is 83.0 Å². The number of nitrogens with zero attached hydrogens (tertiary/aromatic N) is 1. The van der Waals surface area contributed by atoms with Crippen LogP contribution in [0.3, 0.4) is 0 Å². The fourth-order valence-electron chi connectivity index (χ4n) is 6.40. The van der Waals surface area contributed by atoms with Crippen molar-refractivity contribution in [3.63, 3.8) is 0 Å². The first-order chi connectivity index (χ1) is 13.2. The van der Waals surface area contributed by atoms with E-state index in [1.165, 1.54) is 32.1 Å². The maximum Gasteiger partial charge on any atom is 0.344 e. The van der Waals surface area contributed by atoms with Crippen LogP contribution in [0.2, 0.25) is 0 Å². The van der Waals surface area contributed by atoms with Gasteiger partial charge < -0.3 is 14.6 Å². The van der Waals surface area contributed by atoms with Crippen molar-refractivity contribution in [3.8, 4) is 0 Å². The Balaban J connectivity index is 1.30. The molecule has 0 radical (unpaired) electrons. The number of rotatable bonds is 4. The summed E-state index contributed by atoms with van der Waals surface area (Å²) in [5, 5.41) is 8.17. The normalized spacial score (nSPS) is 40.3. The molecule has 5 nitrogen and oxygen atoms in total. The summed E-state index contributed by atoms with van der Waals surface area (Å²) < 4.78 is 11.9. The van der Waals surface area contributed by atoms with Gasteiger partial charge in [0.2, 0.25) is 0 Å². The molecule has 4 aliphatic carbocycles. The number of carbonyl (C=O) groups is 1. The van der Waals surface area contributed by atoms with Crippen molar-refractivity contribution >= 4 is 5.97 Å². The molecule has 6 aliphatic rings. The van der Waals surface area contributed by atoms with E-state index in [2.05, 4.69) is 10.5 Å². The van der Waals surface area contributed by atoms with Crippen LogP contribution in [0.15, 0.2) is 4.52 Å². The largest absolute Gasteiger partial charge is 0.459 e. The van der Waals surface area contributed by atoms with E-state index in [0.29, 0.717) is 18.0 Å². The fraction of sp³-hybridized carbons (Fsp3) is 0.818. The van der Waals surface area contributed by atoms with Gasteiger partial charge in [-0.15, -0.1) is 0 Å². The Kier molecular flexibility index (Phi) is 3.73. The lowest BCUT2D eigenvalue weighted by Crippen LogP contribution is -2.42. The highest BCUT2D eigenvalue weighted by atomic mass is 16.5. The molecule has 1 aromatic heterocycles. The predicted molar refractivity (Wildman–Crippen MR) is 99.7 cm³/mol. The van der Waals surface area contributed by atoms with Crippen LogP contribution in [0.1, 0.15) is 105 Å². The van der Waals surface area contributed by atoms with Crippen LogP contribution in [-0.2, 0) is 10.2 Å². The number of carbonyl (C=O) groups excluding carboxylic acids is 1. The molecule has 146 valence electrons. The van der Waals surface area contributed by atoms with E-state index in [0.717, 1.165) is 67.9 Å². The monoisotopic (exact) mass is 370 g/mol. The number of piperidine rings is 1. The zero-order valence-electron chi connectivity index (χ0n) is 16.0. The zero-order chi connectivity index (χ0) is 18.0. The quantitative estimate of drug-likeness (QED) is 0.804. The van der Waals surface area contributed by atoms with E-state index in [-0.39, 0.29) is 17.5 Å². The Morgan fingerprint density at radius 2 is 1.67 bits per heavy atom. The summed E-state index contributed by atoms with van der Waals surface area (Å²) in [5.41, 5.74) is 1.74. The molecule has 1 aromatic rings. The second-order valence-electron chi connectivity index (χ2n) is 9.94. The summed E-state index contributed by atoms with van der Waals surface area (Å²) in [6, 6.07) is 1.05. The maximum absolute atomic E-state index is 13.4. The van der Waals surface area contributed by atoms with E-state index in [1.54, 1.807) is 0 Å². The topological polar surface area (TPSA) is 64.4 Å². The molecule has 0 spiro atoms. The lowest BCUT2D eigenvalue weighted by Gasteiger charge is -2.45. The van der Waals surface area contributed by atoms with Crippen LogP contribution < -0.4 is 5.32 Å². The standard InChI is InChI=1S/C22H30N2O3/c25-21(26-17-11-15-3-4-16(12-17)23-15)18-19(14-1-2-14)27-24-20(18)22-8-5-13(6-9-22)7-10-22/h13-17,23H,1-12H2. The number of nitrogens with one attached hydrogen (secondary N) is 1. The molecule has 2 aliphatic heterocycles. The van der Waals surface area contributed by atoms with E-state index in [1.807, 2.05) is 0 Å². The Bertz CT molecular complexity index is 719.